The van der Waals surface area contributed by atoms with Gasteiger partial charge in [-0.3, -0.25) is 14.5 Å². The second-order valence-electron chi connectivity index (χ2n) is 7.92. The standard InChI is InChI=1S/C26H19ClN2O4S/c1-14-13-34-26(28-14)29-22(17-4-3-5-19(27)11-17)21(24(31)25(29)32)23(30)18-7-6-16-12-20(33-2)9-8-15(16)10-18/h3-13,22,30H,1-2H3/b23-21+. The van der Waals surface area contributed by atoms with Gasteiger partial charge in [0.2, 0.25) is 0 Å². The molecule has 4 aromatic rings. The number of hydrogen-bond acceptors (Lipinski definition) is 6. The first-order valence-electron chi connectivity index (χ1n) is 10.4. The highest BCUT2D eigenvalue weighted by molar-refractivity contribution is 7.14. The van der Waals surface area contributed by atoms with Crippen molar-refractivity contribution in [1.82, 2.24) is 4.98 Å². The third-order valence-corrected chi connectivity index (χ3v) is 6.94. The average molecular weight is 491 g/mol. The number of ether oxygens (including phenoxy) is 1. The summed E-state index contributed by atoms with van der Waals surface area (Å²) < 4.78 is 5.27. The zero-order valence-electron chi connectivity index (χ0n) is 18.3. The Morgan fingerprint density at radius 3 is 2.56 bits per heavy atom. The molecule has 0 bridgehead atoms. The minimum atomic E-state index is -0.865. The van der Waals surface area contributed by atoms with E-state index in [0.29, 0.717) is 21.3 Å². The Balaban J connectivity index is 1.70. The van der Waals surface area contributed by atoms with Crippen molar-refractivity contribution in [1.29, 1.82) is 0 Å². The molecular formula is C26H19ClN2O4S. The second-order valence-corrected chi connectivity index (χ2v) is 9.20. The molecule has 1 aliphatic rings. The number of nitrogens with zero attached hydrogens (tertiary/aromatic N) is 2. The number of anilines is 1. The van der Waals surface area contributed by atoms with E-state index in [0.717, 1.165) is 22.2 Å². The molecule has 1 atom stereocenters. The van der Waals surface area contributed by atoms with E-state index in [1.165, 1.54) is 16.2 Å². The van der Waals surface area contributed by atoms with Crippen molar-refractivity contribution in [3.05, 3.63) is 93.5 Å². The maximum Gasteiger partial charge on any atom is 0.301 e. The van der Waals surface area contributed by atoms with Gasteiger partial charge in [0.05, 0.1) is 24.4 Å². The number of aliphatic hydroxyl groups is 1. The smallest absolute Gasteiger partial charge is 0.301 e. The van der Waals surface area contributed by atoms with Crippen molar-refractivity contribution in [3.8, 4) is 5.75 Å². The third-order valence-electron chi connectivity index (χ3n) is 5.74. The molecule has 3 aromatic carbocycles. The number of methoxy groups -OCH3 is 1. The van der Waals surface area contributed by atoms with Gasteiger partial charge in [0, 0.05) is 16.0 Å². The van der Waals surface area contributed by atoms with Crippen LogP contribution < -0.4 is 9.64 Å². The molecule has 1 aliphatic heterocycles. The van der Waals surface area contributed by atoms with Gasteiger partial charge in [0.15, 0.2) is 5.13 Å². The van der Waals surface area contributed by atoms with Crippen LogP contribution in [0, 0.1) is 6.92 Å². The van der Waals surface area contributed by atoms with E-state index < -0.39 is 17.7 Å². The van der Waals surface area contributed by atoms with Crippen molar-refractivity contribution < 1.29 is 19.4 Å². The van der Waals surface area contributed by atoms with Crippen molar-refractivity contribution >= 4 is 56.3 Å². The van der Waals surface area contributed by atoms with Crippen molar-refractivity contribution in [2.75, 3.05) is 12.0 Å². The van der Waals surface area contributed by atoms with Gasteiger partial charge in [-0.15, -0.1) is 11.3 Å². The number of fused-ring (bicyclic) bond motifs is 1. The summed E-state index contributed by atoms with van der Waals surface area (Å²) in [5, 5.41) is 15.8. The number of aromatic nitrogens is 1. The number of amides is 1. The second kappa shape index (κ2) is 8.59. The molecule has 1 saturated heterocycles. The Bertz CT molecular complexity index is 1490. The summed E-state index contributed by atoms with van der Waals surface area (Å²) in [4.78, 5) is 32.2. The zero-order chi connectivity index (χ0) is 24.0. The molecule has 1 unspecified atom stereocenters. The summed E-state index contributed by atoms with van der Waals surface area (Å²) in [6.45, 7) is 1.81. The van der Waals surface area contributed by atoms with Gasteiger partial charge < -0.3 is 9.84 Å². The van der Waals surface area contributed by atoms with Crippen LogP contribution in [0.15, 0.2) is 71.6 Å². The predicted molar refractivity (Wildman–Crippen MR) is 134 cm³/mol. The summed E-state index contributed by atoms with van der Waals surface area (Å²) in [7, 11) is 1.60. The first-order chi connectivity index (χ1) is 16.4. The fourth-order valence-electron chi connectivity index (χ4n) is 4.13. The fraction of sp³-hybridized carbons (Fsp3) is 0.115. The van der Waals surface area contributed by atoms with Crippen LogP contribution in [0.3, 0.4) is 0 Å². The van der Waals surface area contributed by atoms with Gasteiger partial charge >= 0.3 is 5.91 Å². The number of aryl methyl sites for hydroxylation is 1. The SMILES string of the molecule is COc1ccc2cc(/C(O)=C3\C(=O)C(=O)N(c4nc(C)cs4)C3c3cccc(Cl)c3)ccc2c1. The van der Waals surface area contributed by atoms with E-state index in [1.54, 1.807) is 48.9 Å². The molecule has 170 valence electrons. The first kappa shape index (κ1) is 22.1. The van der Waals surface area contributed by atoms with E-state index >= 15 is 0 Å². The summed E-state index contributed by atoms with van der Waals surface area (Å²) in [5.74, 6) is -1.05. The number of rotatable bonds is 4. The normalized spacial score (nSPS) is 17.5. The molecule has 0 radical (unpaired) electrons. The Kier molecular flexibility index (Phi) is 5.59. The molecule has 0 spiro atoms. The van der Waals surface area contributed by atoms with E-state index in [1.807, 2.05) is 31.2 Å². The van der Waals surface area contributed by atoms with Crippen LogP contribution in [0.1, 0.15) is 22.9 Å². The molecule has 1 aromatic heterocycles. The number of Topliss-reactive ketones (excluding diaryl/α,β-unsaturated/α-hetero) is 1. The van der Waals surface area contributed by atoms with Gasteiger partial charge in [-0.1, -0.05) is 41.9 Å². The van der Waals surface area contributed by atoms with E-state index in [2.05, 4.69) is 4.98 Å². The number of carbonyl (C=O) groups excluding carboxylic acids is 2. The number of aliphatic hydroxyl groups excluding tert-OH is 1. The maximum absolute atomic E-state index is 13.2. The lowest BCUT2D eigenvalue weighted by Crippen LogP contribution is -2.29. The summed E-state index contributed by atoms with van der Waals surface area (Å²) in [6, 6.07) is 17.0. The summed E-state index contributed by atoms with van der Waals surface area (Å²) >= 11 is 7.50. The molecule has 2 heterocycles. The Morgan fingerprint density at radius 1 is 1.09 bits per heavy atom. The molecule has 1 N–H and O–H groups in total. The highest BCUT2D eigenvalue weighted by Crippen LogP contribution is 2.43. The van der Waals surface area contributed by atoms with Gasteiger partial charge in [-0.25, -0.2) is 4.98 Å². The first-order valence-corrected chi connectivity index (χ1v) is 11.7. The lowest BCUT2D eigenvalue weighted by atomic mass is 9.94. The largest absolute Gasteiger partial charge is 0.507 e. The molecule has 8 heteroatoms. The molecule has 0 aliphatic carbocycles. The zero-order valence-corrected chi connectivity index (χ0v) is 19.9. The number of ketones is 1. The van der Waals surface area contributed by atoms with Crippen LogP contribution in [-0.4, -0.2) is 28.9 Å². The van der Waals surface area contributed by atoms with Gasteiger partial charge in [0.25, 0.3) is 5.78 Å². The van der Waals surface area contributed by atoms with E-state index in [9.17, 15) is 14.7 Å². The number of hydrogen-bond donors (Lipinski definition) is 1. The molecule has 6 nitrogen and oxygen atoms in total. The van der Waals surface area contributed by atoms with Crippen LogP contribution in [0.5, 0.6) is 5.75 Å². The monoisotopic (exact) mass is 490 g/mol. The van der Waals surface area contributed by atoms with Crippen molar-refractivity contribution in [3.63, 3.8) is 0 Å². The summed E-state index contributed by atoms with van der Waals surface area (Å²) in [5.41, 5.74) is 1.76. The summed E-state index contributed by atoms with van der Waals surface area (Å²) in [6.07, 6.45) is 0. The lowest BCUT2D eigenvalue weighted by Gasteiger charge is -2.23. The van der Waals surface area contributed by atoms with Crippen LogP contribution in [0.4, 0.5) is 5.13 Å². The number of benzene rings is 3. The average Bonchev–Trinajstić information content (AvgIpc) is 3.38. The molecule has 34 heavy (non-hydrogen) atoms. The topological polar surface area (TPSA) is 79.7 Å². The quantitative estimate of drug-likeness (QED) is 0.219. The molecule has 1 amide bonds. The highest BCUT2D eigenvalue weighted by atomic mass is 35.5. The van der Waals surface area contributed by atoms with Crippen molar-refractivity contribution in [2.24, 2.45) is 0 Å². The molecule has 0 saturated carbocycles. The minimum Gasteiger partial charge on any atom is -0.507 e. The minimum absolute atomic E-state index is 0.00650. The molecule has 5 rings (SSSR count). The number of thiazole rings is 1. The van der Waals surface area contributed by atoms with E-state index in [-0.39, 0.29) is 11.3 Å². The van der Waals surface area contributed by atoms with Crippen LogP contribution >= 0.6 is 22.9 Å². The van der Waals surface area contributed by atoms with Gasteiger partial charge in [0.1, 0.15) is 11.5 Å². The Morgan fingerprint density at radius 2 is 1.85 bits per heavy atom. The van der Waals surface area contributed by atoms with Crippen molar-refractivity contribution in [2.45, 2.75) is 13.0 Å². The van der Waals surface area contributed by atoms with Crippen LogP contribution in [0.2, 0.25) is 5.02 Å². The van der Waals surface area contributed by atoms with E-state index in [4.69, 9.17) is 16.3 Å². The third kappa shape index (κ3) is 3.73. The Hall–Kier alpha value is -3.68. The maximum atomic E-state index is 13.2. The molecule has 1 fully saturated rings. The molecular weight excluding hydrogens is 472 g/mol. The Labute approximate surface area is 204 Å². The van der Waals surface area contributed by atoms with Crippen LogP contribution in [-0.2, 0) is 9.59 Å². The number of carbonyl (C=O) groups is 2. The lowest BCUT2D eigenvalue weighted by molar-refractivity contribution is -0.132. The highest BCUT2D eigenvalue weighted by Gasteiger charge is 2.48. The number of halogens is 1. The predicted octanol–water partition coefficient (Wildman–Crippen LogP) is 5.89. The van der Waals surface area contributed by atoms with Gasteiger partial charge in [-0.05, 0) is 53.6 Å². The van der Waals surface area contributed by atoms with Gasteiger partial charge in [-0.2, -0.15) is 0 Å². The van der Waals surface area contributed by atoms with Crippen LogP contribution in [0.25, 0.3) is 16.5 Å². The fourth-order valence-corrected chi connectivity index (χ4v) is 5.15.